The number of benzene rings is 5. The van der Waals surface area contributed by atoms with E-state index in [-0.39, 0.29) is 11.1 Å². The third kappa shape index (κ3) is 7.39. The largest absolute Gasteiger partial charge is 0.478 e. The van der Waals surface area contributed by atoms with Crippen LogP contribution in [0, 0.1) is 0 Å². The van der Waals surface area contributed by atoms with E-state index in [1.165, 1.54) is 0 Å². The molecular formula is C37H29N3O4S2. The fourth-order valence-corrected chi connectivity index (χ4v) is 6.93. The highest BCUT2D eigenvalue weighted by molar-refractivity contribution is 8.00. The molecule has 0 saturated carbocycles. The van der Waals surface area contributed by atoms with Crippen molar-refractivity contribution >= 4 is 35.6 Å². The summed E-state index contributed by atoms with van der Waals surface area (Å²) in [6, 6.07) is 40.0. The monoisotopic (exact) mass is 643 g/mol. The molecule has 0 saturated heterocycles. The Bertz CT molecular complexity index is 1850. The fourth-order valence-electron chi connectivity index (χ4n) is 5.04. The fraction of sp³-hybridized carbons (Fsp3) is 0.0811. The Morgan fingerprint density at radius 1 is 0.587 bits per heavy atom. The molecule has 1 heterocycles. The van der Waals surface area contributed by atoms with Crippen molar-refractivity contribution in [2.45, 2.75) is 23.1 Å². The average molecular weight is 644 g/mol. The summed E-state index contributed by atoms with van der Waals surface area (Å²) >= 11 is 3.15. The van der Waals surface area contributed by atoms with Gasteiger partial charge >= 0.3 is 11.9 Å². The lowest BCUT2D eigenvalue weighted by Gasteiger charge is -2.09. The zero-order chi connectivity index (χ0) is 31.9. The number of hydrogen-bond acceptors (Lipinski definition) is 6. The van der Waals surface area contributed by atoms with E-state index in [2.05, 4.69) is 12.1 Å². The Labute approximate surface area is 275 Å². The molecule has 6 aromatic rings. The Hall–Kier alpha value is -5.12. The minimum absolute atomic E-state index is 0.277. The number of thioether (sulfide) groups is 1. The second kappa shape index (κ2) is 14.3. The molecule has 0 unspecified atom stereocenters. The number of hydrogen-bond donors (Lipinski definition) is 2. The van der Waals surface area contributed by atoms with Crippen molar-refractivity contribution in [3.8, 4) is 22.3 Å². The first kappa shape index (κ1) is 30.9. The van der Waals surface area contributed by atoms with Gasteiger partial charge in [0, 0.05) is 17.9 Å². The molecule has 0 aliphatic rings. The number of nitrogens with zero attached hydrogens (tertiary/aromatic N) is 3. The van der Waals surface area contributed by atoms with Crippen LogP contribution >= 0.6 is 23.7 Å². The summed E-state index contributed by atoms with van der Waals surface area (Å²) in [7, 11) is 0. The van der Waals surface area contributed by atoms with Gasteiger partial charge in [-0.1, -0.05) is 127 Å². The third-order valence-corrected chi connectivity index (χ3v) is 9.44. The molecule has 0 spiro atoms. The first-order valence-corrected chi connectivity index (χ1v) is 16.5. The number of carboxylic acids is 2. The SMILES string of the molecule is O=C(O)c1ccccc1-c1ccc(CSc2nc(Cc3ccccc3)nn2SCc2ccc(-c3ccccc3C(=O)O)cc2)cc1. The molecule has 2 N–H and O–H groups in total. The van der Waals surface area contributed by atoms with Gasteiger partial charge in [-0.05, 0) is 63.0 Å². The van der Waals surface area contributed by atoms with Crippen LogP contribution in [0.4, 0.5) is 0 Å². The minimum Gasteiger partial charge on any atom is -0.478 e. The zero-order valence-corrected chi connectivity index (χ0v) is 26.2. The Kier molecular flexibility index (Phi) is 9.62. The summed E-state index contributed by atoms with van der Waals surface area (Å²) < 4.78 is 1.88. The van der Waals surface area contributed by atoms with Crippen molar-refractivity contribution in [2.24, 2.45) is 0 Å². The maximum absolute atomic E-state index is 11.7. The third-order valence-electron chi connectivity index (χ3n) is 7.37. The van der Waals surface area contributed by atoms with Crippen LogP contribution in [0.15, 0.2) is 133 Å². The van der Waals surface area contributed by atoms with Gasteiger partial charge in [0.15, 0.2) is 11.0 Å². The maximum Gasteiger partial charge on any atom is 0.336 e. The van der Waals surface area contributed by atoms with E-state index in [0.717, 1.165) is 38.8 Å². The molecule has 6 rings (SSSR count). The topological polar surface area (TPSA) is 105 Å². The van der Waals surface area contributed by atoms with Crippen LogP contribution in [0.5, 0.6) is 0 Å². The highest BCUT2D eigenvalue weighted by Gasteiger charge is 2.15. The summed E-state index contributed by atoms with van der Waals surface area (Å²) in [6.45, 7) is 0. The molecule has 46 heavy (non-hydrogen) atoms. The van der Waals surface area contributed by atoms with Crippen LogP contribution in [-0.4, -0.2) is 36.3 Å². The molecule has 5 aromatic carbocycles. The number of aromatic nitrogens is 3. The second-order valence-electron chi connectivity index (χ2n) is 10.5. The van der Waals surface area contributed by atoms with Crippen LogP contribution in [0.3, 0.4) is 0 Å². The molecule has 9 heteroatoms. The van der Waals surface area contributed by atoms with Gasteiger partial charge in [0.1, 0.15) is 0 Å². The highest BCUT2D eigenvalue weighted by Crippen LogP contribution is 2.30. The van der Waals surface area contributed by atoms with Crippen molar-refractivity contribution in [3.05, 3.63) is 161 Å². The van der Waals surface area contributed by atoms with Crippen molar-refractivity contribution in [1.29, 1.82) is 0 Å². The van der Waals surface area contributed by atoms with E-state index in [9.17, 15) is 19.8 Å². The predicted octanol–water partition coefficient (Wildman–Crippen LogP) is 8.59. The van der Waals surface area contributed by atoms with E-state index >= 15 is 0 Å². The number of carboxylic acid groups (broad SMARTS) is 2. The number of rotatable bonds is 12. The smallest absolute Gasteiger partial charge is 0.336 e. The van der Waals surface area contributed by atoms with Crippen LogP contribution in [-0.2, 0) is 17.9 Å². The molecule has 1 aromatic heterocycles. The molecule has 0 aliphatic heterocycles. The van der Waals surface area contributed by atoms with Gasteiger partial charge in [-0.2, -0.15) is 4.09 Å². The van der Waals surface area contributed by atoms with Crippen LogP contribution in [0.2, 0.25) is 0 Å². The van der Waals surface area contributed by atoms with Gasteiger partial charge in [0.2, 0.25) is 0 Å². The minimum atomic E-state index is -0.947. The van der Waals surface area contributed by atoms with Crippen LogP contribution < -0.4 is 0 Å². The Morgan fingerprint density at radius 2 is 1.09 bits per heavy atom. The molecule has 0 aliphatic carbocycles. The highest BCUT2D eigenvalue weighted by atomic mass is 32.2. The molecular weight excluding hydrogens is 615 g/mol. The van der Waals surface area contributed by atoms with Gasteiger partial charge in [-0.15, -0.1) is 5.10 Å². The molecule has 7 nitrogen and oxygen atoms in total. The summed E-state index contributed by atoms with van der Waals surface area (Å²) in [6.07, 6.45) is 0.622. The lowest BCUT2D eigenvalue weighted by Crippen LogP contribution is -1.99. The second-order valence-corrected chi connectivity index (χ2v) is 12.3. The van der Waals surface area contributed by atoms with Crippen molar-refractivity contribution in [2.75, 3.05) is 0 Å². The first-order valence-electron chi connectivity index (χ1n) is 14.5. The molecule has 0 bridgehead atoms. The average Bonchev–Trinajstić information content (AvgIpc) is 3.48. The van der Waals surface area contributed by atoms with Gasteiger partial charge in [0.25, 0.3) is 0 Å². The summed E-state index contributed by atoms with van der Waals surface area (Å²) in [5, 5.41) is 24.8. The van der Waals surface area contributed by atoms with E-state index in [1.54, 1.807) is 48.0 Å². The van der Waals surface area contributed by atoms with E-state index < -0.39 is 11.9 Å². The predicted molar refractivity (Wildman–Crippen MR) is 183 cm³/mol. The van der Waals surface area contributed by atoms with Crippen LogP contribution in [0.25, 0.3) is 22.3 Å². The summed E-state index contributed by atoms with van der Waals surface area (Å²) in [5.74, 6) is 0.167. The molecule has 228 valence electrons. The van der Waals surface area contributed by atoms with E-state index in [4.69, 9.17) is 10.1 Å². The van der Waals surface area contributed by atoms with Gasteiger partial charge in [-0.25, -0.2) is 14.6 Å². The van der Waals surface area contributed by atoms with Crippen molar-refractivity contribution in [3.63, 3.8) is 0 Å². The number of aromatic carboxylic acids is 2. The van der Waals surface area contributed by atoms with Gasteiger partial charge in [0.05, 0.1) is 11.1 Å². The molecule has 0 fully saturated rings. The zero-order valence-electron chi connectivity index (χ0n) is 24.6. The molecule has 0 atom stereocenters. The maximum atomic E-state index is 11.7. The van der Waals surface area contributed by atoms with E-state index in [1.807, 2.05) is 95.1 Å². The first-order chi connectivity index (χ1) is 22.4. The van der Waals surface area contributed by atoms with Gasteiger partial charge < -0.3 is 10.2 Å². The van der Waals surface area contributed by atoms with Crippen molar-refractivity contribution < 1.29 is 19.8 Å². The lowest BCUT2D eigenvalue weighted by atomic mass is 9.99. The standard InChI is InChI=1S/C37H29N3O4S2/c41-35(42)32-12-6-4-10-30(32)28-18-14-26(15-19-28)23-45-37-38-34(22-25-8-2-1-3-9-25)39-40(37)46-24-27-16-20-29(21-17-27)31-11-5-7-13-33(31)36(43)44/h1-21H,22-24H2,(H,41,42)(H,43,44). The molecule has 0 radical (unpaired) electrons. The summed E-state index contributed by atoms with van der Waals surface area (Å²) in [4.78, 5) is 28.2. The quantitative estimate of drug-likeness (QED) is 0.128. The Morgan fingerprint density at radius 3 is 1.63 bits per heavy atom. The van der Waals surface area contributed by atoms with Crippen molar-refractivity contribution in [1.82, 2.24) is 14.2 Å². The van der Waals surface area contributed by atoms with E-state index in [0.29, 0.717) is 29.1 Å². The summed E-state index contributed by atoms with van der Waals surface area (Å²) in [5.41, 5.74) is 6.94. The number of carbonyl (C=O) groups is 2. The normalized spacial score (nSPS) is 11.0. The van der Waals surface area contributed by atoms with Crippen LogP contribution in [0.1, 0.15) is 43.2 Å². The lowest BCUT2D eigenvalue weighted by molar-refractivity contribution is 0.0687. The molecule has 0 amide bonds. The Balaban J connectivity index is 1.17. The van der Waals surface area contributed by atoms with Gasteiger partial charge in [-0.3, -0.25) is 0 Å².